The summed E-state index contributed by atoms with van der Waals surface area (Å²) >= 11 is 1.43. The molecule has 0 saturated carbocycles. The number of pyridine rings is 2. The Hall–Kier alpha value is -3.19. The summed E-state index contributed by atoms with van der Waals surface area (Å²) < 4.78 is 6.80. The van der Waals surface area contributed by atoms with E-state index in [2.05, 4.69) is 15.0 Å². The highest BCUT2D eigenvalue weighted by atomic mass is 32.1. The first-order valence-electron chi connectivity index (χ1n) is 8.11. The molecule has 5 rings (SSSR count). The standard InChI is InChI=1S/C19H14N4O2S/c1-8-7-9(2)21-18-12(8)14-16(25-18)15(24)13(17(20)23-14)19-22-10-5-3-4-6-11(10)26-19/h3-7H,1-2H3,(H3,20,23,24). The van der Waals surface area contributed by atoms with Crippen LogP contribution in [0.1, 0.15) is 11.3 Å². The zero-order chi connectivity index (χ0) is 18.0. The zero-order valence-electron chi connectivity index (χ0n) is 14.1. The molecule has 7 heteroatoms. The van der Waals surface area contributed by atoms with Gasteiger partial charge in [0, 0.05) is 5.69 Å². The summed E-state index contributed by atoms with van der Waals surface area (Å²) in [6, 6.07) is 9.69. The lowest BCUT2D eigenvalue weighted by molar-refractivity contribution is 0.649. The van der Waals surface area contributed by atoms with Crippen LogP contribution < -0.4 is 11.2 Å². The molecule has 26 heavy (non-hydrogen) atoms. The molecule has 0 radical (unpaired) electrons. The molecule has 0 bridgehead atoms. The second-order valence-corrected chi connectivity index (χ2v) is 7.33. The number of nitrogens with two attached hydrogens (primary N) is 1. The second kappa shape index (κ2) is 5.15. The number of benzene rings is 1. The Morgan fingerprint density at radius 3 is 2.81 bits per heavy atom. The van der Waals surface area contributed by atoms with E-state index in [0.717, 1.165) is 26.9 Å². The molecule has 0 aliphatic carbocycles. The van der Waals surface area contributed by atoms with E-state index in [4.69, 9.17) is 10.2 Å². The van der Waals surface area contributed by atoms with Gasteiger partial charge in [-0.05, 0) is 37.6 Å². The SMILES string of the molecule is Cc1cc(C)c2c(n1)oc1c(=O)c(-c3nc4ccccc4s3)c(N)[nH]c12. The lowest BCUT2D eigenvalue weighted by Gasteiger charge is -2.02. The fourth-order valence-corrected chi connectivity index (χ4v) is 4.37. The number of nitrogen functional groups attached to an aromatic ring is 1. The van der Waals surface area contributed by atoms with Crippen LogP contribution >= 0.6 is 11.3 Å². The molecular formula is C19H14N4O2S. The maximum absolute atomic E-state index is 13.1. The summed E-state index contributed by atoms with van der Waals surface area (Å²) in [7, 11) is 0. The van der Waals surface area contributed by atoms with Gasteiger partial charge in [0.15, 0.2) is 0 Å². The largest absolute Gasteiger partial charge is 0.432 e. The number of aryl methyl sites for hydroxylation is 2. The van der Waals surface area contributed by atoms with E-state index in [1.54, 1.807) is 0 Å². The van der Waals surface area contributed by atoms with Crippen LogP contribution in [-0.2, 0) is 0 Å². The maximum Gasteiger partial charge on any atom is 0.237 e. The Bertz CT molecular complexity index is 1360. The Morgan fingerprint density at radius 2 is 2.00 bits per heavy atom. The lowest BCUT2D eigenvalue weighted by Crippen LogP contribution is -2.09. The zero-order valence-corrected chi connectivity index (χ0v) is 14.9. The fourth-order valence-electron chi connectivity index (χ4n) is 3.35. The first-order valence-corrected chi connectivity index (χ1v) is 8.92. The van der Waals surface area contributed by atoms with Crippen LogP contribution in [0.15, 0.2) is 39.5 Å². The summed E-state index contributed by atoms with van der Waals surface area (Å²) in [5.74, 6) is 0.282. The summed E-state index contributed by atoms with van der Waals surface area (Å²) in [5.41, 5.74) is 10.2. The highest BCUT2D eigenvalue weighted by molar-refractivity contribution is 7.21. The Morgan fingerprint density at radius 1 is 1.19 bits per heavy atom. The summed E-state index contributed by atoms with van der Waals surface area (Å²) in [4.78, 5) is 25.2. The normalized spacial score (nSPS) is 11.8. The summed E-state index contributed by atoms with van der Waals surface area (Å²) in [6.45, 7) is 3.85. The molecule has 0 saturated heterocycles. The van der Waals surface area contributed by atoms with Crippen molar-refractivity contribution in [2.24, 2.45) is 0 Å². The van der Waals surface area contributed by atoms with Crippen molar-refractivity contribution < 1.29 is 4.42 Å². The number of hydrogen-bond acceptors (Lipinski definition) is 6. The molecule has 0 aliphatic heterocycles. The van der Waals surface area contributed by atoms with Crippen LogP contribution in [0.4, 0.5) is 5.82 Å². The van der Waals surface area contributed by atoms with Crippen LogP contribution in [0.25, 0.3) is 43.0 Å². The number of fused-ring (bicyclic) bond motifs is 4. The summed E-state index contributed by atoms with van der Waals surface area (Å²) in [5, 5.41) is 1.36. The number of nitrogens with zero attached hydrogens (tertiary/aromatic N) is 2. The number of aromatic amines is 1. The molecule has 128 valence electrons. The minimum atomic E-state index is -0.273. The van der Waals surface area contributed by atoms with Crippen LogP contribution in [0.5, 0.6) is 0 Å². The van der Waals surface area contributed by atoms with Gasteiger partial charge in [-0.15, -0.1) is 11.3 Å². The Balaban J connectivity index is 1.88. The van der Waals surface area contributed by atoms with Crippen molar-refractivity contribution in [2.75, 3.05) is 5.73 Å². The fraction of sp³-hybridized carbons (Fsp3) is 0.105. The van der Waals surface area contributed by atoms with Crippen molar-refractivity contribution >= 4 is 49.6 Å². The van der Waals surface area contributed by atoms with E-state index in [1.807, 2.05) is 44.2 Å². The van der Waals surface area contributed by atoms with Crippen molar-refractivity contribution in [1.29, 1.82) is 0 Å². The molecule has 0 unspecified atom stereocenters. The van der Waals surface area contributed by atoms with E-state index in [-0.39, 0.29) is 16.8 Å². The van der Waals surface area contributed by atoms with Gasteiger partial charge in [-0.25, -0.2) is 9.97 Å². The number of hydrogen-bond donors (Lipinski definition) is 2. The maximum atomic E-state index is 13.1. The lowest BCUT2D eigenvalue weighted by atomic mass is 10.1. The molecule has 0 spiro atoms. The van der Waals surface area contributed by atoms with E-state index in [9.17, 15) is 4.79 Å². The number of thiazole rings is 1. The number of anilines is 1. The number of rotatable bonds is 1. The third kappa shape index (κ3) is 2.01. The van der Waals surface area contributed by atoms with Gasteiger partial charge in [0.1, 0.15) is 21.9 Å². The van der Waals surface area contributed by atoms with Crippen molar-refractivity contribution in [2.45, 2.75) is 13.8 Å². The molecule has 0 fully saturated rings. The van der Waals surface area contributed by atoms with Gasteiger partial charge in [-0.3, -0.25) is 4.79 Å². The Kier molecular flexibility index (Phi) is 2.99. The van der Waals surface area contributed by atoms with E-state index < -0.39 is 0 Å². The molecule has 0 atom stereocenters. The van der Waals surface area contributed by atoms with E-state index >= 15 is 0 Å². The number of furan rings is 1. The van der Waals surface area contributed by atoms with Crippen LogP contribution in [-0.4, -0.2) is 15.0 Å². The number of para-hydroxylation sites is 1. The molecule has 4 heterocycles. The van der Waals surface area contributed by atoms with Gasteiger partial charge in [-0.1, -0.05) is 12.1 Å². The van der Waals surface area contributed by atoms with Gasteiger partial charge < -0.3 is 15.1 Å². The van der Waals surface area contributed by atoms with Crippen molar-refractivity contribution in [1.82, 2.24) is 15.0 Å². The smallest absolute Gasteiger partial charge is 0.237 e. The van der Waals surface area contributed by atoms with Crippen molar-refractivity contribution in [3.05, 3.63) is 51.8 Å². The quantitative estimate of drug-likeness (QED) is 0.467. The predicted octanol–water partition coefficient (Wildman–Crippen LogP) is 4.15. The number of H-pyrrole nitrogens is 1. The highest BCUT2D eigenvalue weighted by Crippen LogP contribution is 2.34. The third-order valence-corrected chi connectivity index (χ3v) is 5.51. The van der Waals surface area contributed by atoms with E-state index in [0.29, 0.717) is 21.8 Å². The number of aromatic nitrogens is 3. The van der Waals surface area contributed by atoms with Crippen LogP contribution in [0, 0.1) is 13.8 Å². The highest BCUT2D eigenvalue weighted by Gasteiger charge is 2.21. The van der Waals surface area contributed by atoms with Gasteiger partial charge in [0.05, 0.1) is 15.6 Å². The minimum Gasteiger partial charge on any atom is -0.432 e. The van der Waals surface area contributed by atoms with Crippen LogP contribution in [0.3, 0.4) is 0 Å². The topological polar surface area (TPSA) is 97.8 Å². The third-order valence-electron chi connectivity index (χ3n) is 4.46. The predicted molar refractivity (Wildman–Crippen MR) is 105 cm³/mol. The molecule has 5 aromatic rings. The van der Waals surface area contributed by atoms with Crippen molar-refractivity contribution in [3.63, 3.8) is 0 Å². The second-order valence-electron chi connectivity index (χ2n) is 6.30. The van der Waals surface area contributed by atoms with Gasteiger partial charge in [0.25, 0.3) is 0 Å². The van der Waals surface area contributed by atoms with E-state index in [1.165, 1.54) is 11.3 Å². The molecule has 1 aromatic carbocycles. The minimum absolute atomic E-state index is 0.227. The average molecular weight is 362 g/mol. The molecule has 0 aliphatic rings. The molecular weight excluding hydrogens is 348 g/mol. The average Bonchev–Trinajstić information content (AvgIpc) is 3.16. The van der Waals surface area contributed by atoms with Gasteiger partial charge in [0.2, 0.25) is 16.7 Å². The van der Waals surface area contributed by atoms with Crippen molar-refractivity contribution in [3.8, 4) is 10.6 Å². The monoisotopic (exact) mass is 362 g/mol. The number of nitrogens with one attached hydrogen (secondary N) is 1. The molecule has 4 aromatic heterocycles. The molecule has 0 amide bonds. The first kappa shape index (κ1) is 15.1. The first-order chi connectivity index (χ1) is 12.5. The Labute approximate surface area is 151 Å². The van der Waals surface area contributed by atoms with Crippen LogP contribution in [0.2, 0.25) is 0 Å². The molecule has 3 N–H and O–H groups in total. The molecule has 6 nitrogen and oxygen atoms in total. The van der Waals surface area contributed by atoms with Gasteiger partial charge in [-0.2, -0.15) is 0 Å². The van der Waals surface area contributed by atoms with Gasteiger partial charge >= 0.3 is 0 Å². The summed E-state index contributed by atoms with van der Waals surface area (Å²) in [6.07, 6.45) is 0.